The molecule has 1 heterocycles. The summed E-state index contributed by atoms with van der Waals surface area (Å²) in [5, 5.41) is 0. The van der Waals surface area contributed by atoms with Gasteiger partial charge in [-0.1, -0.05) is 59.2 Å². The lowest BCUT2D eigenvalue weighted by Gasteiger charge is -2.21. The first kappa shape index (κ1) is 9.58. The Morgan fingerprint density at radius 1 is 1.13 bits per heavy atom. The van der Waals surface area contributed by atoms with Crippen molar-refractivity contribution in [1.29, 1.82) is 0 Å². The smallest absolute Gasteiger partial charge is 0.0968 e. The maximum absolute atomic E-state index is 6.33. The molecule has 0 amide bonds. The molecule has 0 radical (unpaired) electrons. The number of allylic oxidation sites excluding steroid dienone is 3. The summed E-state index contributed by atoms with van der Waals surface area (Å²) in [4.78, 5) is 0. The molecule has 2 aliphatic rings. The Labute approximate surface area is 101 Å². The maximum atomic E-state index is 6.33. The normalized spacial score (nSPS) is 20.4. The molecule has 0 saturated carbocycles. The van der Waals surface area contributed by atoms with Gasteiger partial charge in [-0.2, -0.15) is 0 Å². The summed E-state index contributed by atoms with van der Waals surface area (Å²) in [7, 11) is -0.0686. The minimum absolute atomic E-state index is 0.0686. The third kappa shape index (κ3) is 1.38. The van der Waals surface area contributed by atoms with Gasteiger partial charge in [-0.3, -0.25) is 0 Å². The van der Waals surface area contributed by atoms with Crippen LogP contribution in [0, 0.1) is 0 Å². The Bertz CT molecular complexity index is 524. The average Bonchev–Trinajstić information content (AvgIpc) is 2.58. The summed E-state index contributed by atoms with van der Waals surface area (Å²) in [6, 6.07) is 8.29. The van der Waals surface area contributed by atoms with Crippen LogP contribution in [-0.4, -0.2) is 18.8 Å². The van der Waals surface area contributed by atoms with E-state index in [2.05, 4.69) is 30.0 Å². The van der Waals surface area contributed by atoms with Crippen molar-refractivity contribution in [3.63, 3.8) is 0 Å². The molecule has 0 aromatic heterocycles. The summed E-state index contributed by atoms with van der Waals surface area (Å²) < 4.78 is -0.677. The molecule has 0 saturated heterocycles. The molecule has 1 aromatic carbocycles. The van der Waals surface area contributed by atoms with Crippen LogP contribution in [0.3, 0.4) is 0 Å². The topological polar surface area (TPSA) is 0 Å². The summed E-state index contributed by atoms with van der Waals surface area (Å²) in [5.41, 5.74) is 6.85. The summed E-state index contributed by atoms with van der Waals surface area (Å²) in [5.74, 6) is 0. The van der Waals surface area contributed by atoms with Crippen LogP contribution in [0.5, 0.6) is 0 Å². The van der Waals surface area contributed by atoms with Gasteiger partial charge in [0.25, 0.3) is 0 Å². The van der Waals surface area contributed by atoms with E-state index in [1.807, 2.05) is 12.1 Å². The number of alkyl halides is 2. The molecule has 0 unspecified atom stereocenters. The van der Waals surface area contributed by atoms with E-state index >= 15 is 0 Å². The lowest BCUT2D eigenvalue weighted by Crippen LogP contribution is -2.23. The first-order valence-corrected chi connectivity index (χ1v) is 6.78. The predicted octanol–water partition coefficient (Wildman–Crippen LogP) is 2.85. The van der Waals surface area contributed by atoms with Crippen LogP contribution in [0.1, 0.15) is 11.1 Å². The molecule has 0 bridgehead atoms. The zero-order chi connectivity index (χ0) is 10.5. The standard InChI is InChI=1S/C12H8Cl2Si/c13-12(14)11-7-8-3-1-2-4-9(8)10(11)5-6-15-12/h1-7,15H. The molecular weight excluding hydrogens is 243 g/mol. The average molecular weight is 251 g/mol. The van der Waals surface area contributed by atoms with Crippen LogP contribution in [0.15, 0.2) is 35.9 Å². The van der Waals surface area contributed by atoms with E-state index < -0.39 is 3.96 Å². The van der Waals surface area contributed by atoms with Crippen molar-refractivity contribution in [2.45, 2.75) is 3.96 Å². The zero-order valence-corrected chi connectivity index (χ0v) is 10.5. The van der Waals surface area contributed by atoms with E-state index in [1.165, 1.54) is 16.7 Å². The number of hydrogen-bond acceptors (Lipinski definition) is 0. The SMILES string of the molecule is ClC1(Cl)[SiH]=CC=C2C1=Cc1ccccc12. The molecule has 0 fully saturated rings. The molecule has 0 atom stereocenters. The number of fused-ring (bicyclic) bond motifs is 3. The van der Waals surface area contributed by atoms with Gasteiger partial charge >= 0.3 is 0 Å². The first-order chi connectivity index (χ1) is 7.18. The molecule has 74 valence electrons. The van der Waals surface area contributed by atoms with Crippen LogP contribution in [-0.2, 0) is 0 Å². The quantitative estimate of drug-likeness (QED) is 0.491. The van der Waals surface area contributed by atoms with Crippen LogP contribution in [0.4, 0.5) is 0 Å². The van der Waals surface area contributed by atoms with Crippen molar-refractivity contribution in [2.75, 3.05) is 0 Å². The third-order valence-electron chi connectivity index (χ3n) is 2.77. The van der Waals surface area contributed by atoms with Gasteiger partial charge in [0.1, 0.15) is 3.96 Å². The van der Waals surface area contributed by atoms with Crippen LogP contribution in [0.2, 0.25) is 0 Å². The second-order valence-corrected chi connectivity index (χ2v) is 7.41. The third-order valence-corrected chi connectivity index (χ3v) is 5.05. The lowest BCUT2D eigenvalue weighted by atomic mass is 10.0. The summed E-state index contributed by atoms with van der Waals surface area (Å²) in [6.45, 7) is 0. The van der Waals surface area contributed by atoms with Crippen molar-refractivity contribution in [3.8, 4) is 0 Å². The Morgan fingerprint density at radius 3 is 2.80 bits per heavy atom. The fourth-order valence-corrected chi connectivity index (χ4v) is 3.75. The molecule has 1 aliphatic heterocycles. The molecule has 1 aliphatic carbocycles. The second-order valence-electron chi connectivity index (χ2n) is 3.71. The van der Waals surface area contributed by atoms with Crippen molar-refractivity contribution in [2.24, 2.45) is 0 Å². The Hall–Kier alpha value is -0.633. The molecule has 15 heavy (non-hydrogen) atoms. The van der Waals surface area contributed by atoms with E-state index in [0.717, 1.165) is 5.57 Å². The zero-order valence-electron chi connectivity index (χ0n) is 7.87. The summed E-state index contributed by atoms with van der Waals surface area (Å²) >= 11 is 12.7. The molecule has 0 nitrogen and oxygen atoms in total. The maximum Gasteiger partial charge on any atom is 0.143 e. The Morgan fingerprint density at radius 2 is 1.93 bits per heavy atom. The minimum atomic E-state index is -0.677. The van der Waals surface area contributed by atoms with Gasteiger partial charge < -0.3 is 0 Å². The van der Waals surface area contributed by atoms with Crippen LogP contribution >= 0.6 is 23.2 Å². The highest BCUT2D eigenvalue weighted by atomic mass is 35.5. The first-order valence-electron chi connectivity index (χ1n) is 4.78. The monoisotopic (exact) mass is 250 g/mol. The van der Waals surface area contributed by atoms with Crippen molar-refractivity contribution in [3.05, 3.63) is 47.0 Å². The van der Waals surface area contributed by atoms with Gasteiger partial charge in [-0.25, -0.2) is 0 Å². The van der Waals surface area contributed by atoms with Gasteiger partial charge in [-0.05, 0) is 28.3 Å². The molecule has 1 aromatic rings. The van der Waals surface area contributed by atoms with Gasteiger partial charge in [0, 0.05) is 9.13 Å². The van der Waals surface area contributed by atoms with Crippen molar-refractivity contribution < 1.29 is 0 Å². The number of hydrogen-bond donors (Lipinski definition) is 0. The Kier molecular flexibility index (Phi) is 2.03. The predicted molar refractivity (Wildman–Crippen MR) is 70.0 cm³/mol. The van der Waals surface area contributed by atoms with Gasteiger partial charge in [0.05, 0.1) is 0 Å². The largest absolute Gasteiger partial charge is 0.143 e. The second kappa shape index (κ2) is 3.18. The van der Waals surface area contributed by atoms with E-state index in [0.29, 0.717) is 0 Å². The number of rotatable bonds is 0. The van der Waals surface area contributed by atoms with E-state index in [-0.39, 0.29) is 9.13 Å². The number of halogens is 2. The highest BCUT2D eigenvalue weighted by molar-refractivity contribution is 6.79. The fraction of sp³-hybridized carbons (Fsp3) is 0.0833. The summed E-state index contributed by atoms with van der Waals surface area (Å²) in [6.07, 6.45) is 4.26. The van der Waals surface area contributed by atoms with Crippen LogP contribution in [0.25, 0.3) is 11.6 Å². The molecule has 3 rings (SSSR count). The van der Waals surface area contributed by atoms with Gasteiger partial charge in [0.15, 0.2) is 0 Å². The lowest BCUT2D eigenvalue weighted by molar-refractivity contribution is 1.37. The van der Waals surface area contributed by atoms with Gasteiger partial charge in [0.2, 0.25) is 0 Å². The molecule has 0 spiro atoms. The highest BCUT2D eigenvalue weighted by Gasteiger charge is 2.34. The molecule has 3 heteroatoms. The molecule has 0 N–H and O–H groups in total. The highest BCUT2D eigenvalue weighted by Crippen LogP contribution is 2.45. The van der Waals surface area contributed by atoms with Crippen molar-refractivity contribution >= 4 is 49.7 Å². The molecular formula is C12H8Cl2Si. The fourth-order valence-electron chi connectivity index (χ4n) is 2.06. The van der Waals surface area contributed by atoms with E-state index in [9.17, 15) is 0 Å². The van der Waals surface area contributed by atoms with E-state index in [1.54, 1.807) is 0 Å². The Balaban J connectivity index is 2.25. The number of benzene rings is 1. The minimum Gasteiger partial charge on any atom is -0.0968 e. The van der Waals surface area contributed by atoms with Crippen LogP contribution < -0.4 is 0 Å². The van der Waals surface area contributed by atoms with Gasteiger partial charge in [-0.15, -0.1) is 0 Å². The van der Waals surface area contributed by atoms with E-state index in [4.69, 9.17) is 23.2 Å². The van der Waals surface area contributed by atoms with Crippen molar-refractivity contribution in [1.82, 2.24) is 0 Å².